The number of aldehydes is 1. The Morgan fingerprint density at radius 2 is 1.88 bits per heavy atom. The van der Waals surface area contributed by atoms with Crippen LogP contribution < -0.4 is 27.2 Å². The topological polar surface area (TPSA) is 222 Å². The Hall–Kier alpha value is -4.72. The number of unbranched alkanes of at least 4 members (excludes halogenated alkanes) is 3. The van der Waals surface area contributed by atoms with E-state index in [1.54, 1.807) is 19.1 Å². The smallest absolute Gasteiger partial charge is 0.326 e. The fraction of sp³-hybridized carbons (Fsp3) is 0.407. The Kier molecular flexibility index (Phi) is 11.4. The lowest BCUT2D eigenvalue weighted by Crippen LogP contribution is -2.42. The van der Waals surface area contributed by atoms with Crippen molar-refractivity contribution in [1.82, 2.24) is 30.6 Å². The number of benzene rings is 1. The number of ketones is 1. The van der Waals surface area contributed by atoms with Crippen LogP contribution in [-0.2, 0) is 20.9 Å². The number of amides is 1. The minimum Gasteiger partial charge on any atom is -0.480 e. The Labute approximate surface area is 235 Å². The maximum Gasteiger partial charge on any atom is 0.326 e. The number of anilines is 2. The van der Waals surface area contributed by atoms with Gasteiger partial charge < -0.3 is 31.6 Å². The molecule has 0 radical (unpaired) electrons. The molecule has 0 saturated carbocycles. The molecule has 41 heavy (non-hydrogen) atoms. The average molecular weight is 567 g/mol. The summed E-state index contributed by atoms with van der Waals surface area (Å²) in [7, 11) is 0. The van der Waals surface area contributed by atoms with Gasteiger partial charge in [-0.1, -0.05) is 6.42 Å². The maximum absolute atomic E-state index is 12.7. The Morgan fingerprint density at radius 3 is 2.59 bits per heavy atom. The second-order valence-electron chi connectivity index (χ2n) is 9.48. The van der Waals surface area contributed by atoms with E-state index in [4.69, 9.17) is 5.73 Å². The van der Waals surface area contributed by atoms with Gasteiger partial charge in [0.25, 0.3) is 11.5 Å². The van der Waals surface area contributed by atoms with E-state index in [2.05, 4.69) is 35.9 Å². The summed E-state index contributed by atoms with van der Waals surface area (Å²) < 4.78 is 0. The fourth-order valence-electron chi connectivity index (χ4n) is 3.95. The molecule has 0 fully saturated rings. The highest BCUT2D eigenvalue weighted by Crippen LogP contribution is 2.12. The third kappa shape index (κ3) is 9.46. The summed E-state index contributed by atoms with van der Waals surface area (Å²) in [5, 5.41) is 18.3. The van der Waals surface area contributed by atoms with Gasteiger partial charge in [-0.2, -0.15) is 4.98 Å². The third-order valence-electron chi connectivity index (χ3n) is 6.32. The number of aromatic amines is 1. The zero-order chi connectivity index (χ0) is 29.8. The molecule has 2 heterocycles. The first kappa shape index (κ1) is 30.8. The summed E-state index contributed by atoms with van der Waals surface area (Å²) in [6.45, 7) is 2.58. The number of rotatable bonds is 17. The highest BCUT2D eigenvalue weighted by atomic mass is 16.4. The molecule has 2 unspecified atom stereocenters. The molecule has 2 aromatic heterocycles. The summed E-state index contributed by atoms with van der Waals surface area (Å²) in [6.07, 6.45) is 5.36. The summed E-state index contributed by atoms with van der Waals surface area (Å²) in [5.74, 6) is -2.00. The molecule has 2 atom stereocenters. The number of nitrogens with one attached hydrogen (secondary N) is 4. The predicted octanol–water partition coefficient (Wildman–Crippen LogP) is 1.18. The van der Waals surface area contributed by atoms with Crippen molar-refractivity contribution in [1.29, 1.82) is 0 Å². The molecule has 0 bridgehead atoms. The number of carboxylic acids is 1. The van der Waals surface area contributed by atoms with Gasteiger partial charge >= 0.3 is 5.97 Å². The van der Waals surface area contributed by atoms with Crippen molar-refractivity contribution in [3.63, 3.8) is 0 Å². The van der Waals surface area contributed by atoms with Gasteiger partial charge in [-0.3, -0.25) is 19.4 Å². The third-order valence-corrected chi connectivity index (χ3v) is 6.32. The standard InChI is InChI=1S/C27H34N8O6/c1-16(29-12-4-2-3-5-13-36)21(37)11-10-20(26(40)41)33-24(38)17-6-8-18(9-7-17)30-14-19-15-31-23-22(32-19)25(39)35-27(28)34-23/h6-9,13,15-16,20,29-30H,2-5,10-12,14H2,1H3,(H,33,38)(H,40,41)(H3,28,31,34,35,39). The zero-order valence-corrected chi connectivity index (χ0v) is 22.7. The minimum absolute atomic E-state index is 0.00755. The van der Waals surface area contributed by atoms with Crippen molar-refractivity contribution in [3.8, 4) is 0 Å². The number of nitrogens with two attached hydrogens (primary N) is 1. The molecule has 0 aliphatic heterocycles. The van der Waals surface area contributed by atoms with Crippen molar-refractivity contribution in [3.05, 3.63) is 52.1 Å². The van der Waals surface area contributed by atoms with Gasteiger partial charge in [0.05, 0.1) is 24.5 Å². The molecule has 218 valence electrons. The van der Waals surface area contributed by atoms with E-state index in [0.717, 1.165) is 25.5 Å². The number of nitrogen functional groups attached to an aromatic ring is 1. The number of Topliss-reactive ketones (excluding diaryl/α,β-unsaturated/α-hetero) is 1. The van der Waals surface area contributed by atoms with Crippen molar-refractivity contribution in [2.24, 2.45) is 0 Å². The van der Waals surface area contributed by atoms with Gasteiger partial charge in [0.1, 0.15) is 18.1 Å². The molecule has 0 saturated heterocycles. The molecular weight excluding hydrogens is 532 g/mol. The van der Waals surface area contributed by atoms with Gasteiger partial charge in [-0.25, -0.2) is 14.8 Å². The summed E-state index contributed by atoms with van der Waals surface area (Å²) in [6, 6.07) is 4.69. The molecule has 14 heteroatoms. The van der Waals surface area contributed by atoms with E-state index in [-0.39, 0.29) is 47.8 Å². The molecule has 3 aromatic rings. The number of nitrogens with zero attached hydrogens (tertiary/aromatic N) is 3. The van der Waals surface area contributed by atoms with Gasteiger partial charge in [-0.05, 0) is 57.0 Å². The van der Waals surface area contributed by atoms with Crippen molar-refractivity contribution in [2.45, 2.75) is 64.1 Å². The second kappa shape index (κ2) is 15.2. The lowest BCUT2D eigenvalue weighted by molar-refractivity contribution is -0.139. The minimum atomic E-state index is -1.23. The number of H-pyrrole nitrogens is 1. The predicted molar refractivity (Wildman–Crippen MR) is 151 cm³/mol. The summed E-state index contributed by atoms with van der Waals surface area (Å²) in [5.41, 5.74) is 6.60. The number of hydrogen-bond donors (Lipinski definition) is 6. The van der Waals surface area contributed by atoms with Gasteiger partial charge in [0.2, 0.25) is 5.95 Å². The molecule has 0 aliphatic rings. The molecule has 3 rings (SSSR count). The van der Waals surface area contributed by atoms with Crippen molar-refractivity contribution < 1.29 is 24.3 Å². The van der Waals surface area contributed by atoms with E-state index < -0.39 is 29.5 Å². The van der Waals surface area contributed by atoms with Crippen LogP contribution in [0.15, 0.2) is 35.3 Å². The first-order valence-electron chi connectivity index (χ1n) is 13.3. The Bertz CT molecular complexity index is 1430. The van der Waals surface area contributed by atoms with Crippen molar-refractivity contribution in [2.75, 3.05) is 17.6 Å². The van der Waals surface area contributed by atoms with E-state index in [0.29, 0.717) is 24.3 Å². The first-order valence-corrected chi connectivity index (χ1v) is 13.3. The van der Waals surface area contributed by atoms with Crippen LogP contribution in [-0.4, -0.2) is 67.6 Å². The highest BCUT2D eigenvalue weighted by Gasteiger charge is 2.23. The number of carboxylic acid groups (broad SMARTS) is 1. The van der Waals surface area contributed by atoms with E-state index in [1.807, 2.05) is 0 Å². The number of aromatic nitrogens is 4. The molecule has 1 amide bonds. The van der Waals surface area contributed by atoms with E-state index in [9.17, 15) is 29.1 Å². The first-order chi connectivity index (χ1) is 19.7. The van der Waals surface area contributed by atoms with Crippen LogP contribution >= 0.6 is 0 Å². The lowest BCUT2D eigenvalue weighted by atomic mass is 10.0. The van der Waals surface area contributed by atoms with Crippen LogP contribution in [0.3, 0.4) is 0 Å². The normalized spacial score (nSPS) is 12.4. The highest BCUT2D eigenvalue weighted by molar-refractivity contribution is 5.97. The number of carbonyl (C=O) groups is 4. The fourth-order valence-corrected chi connectivity index (χ4v) is 3.95. The van der Waals surface area contributed by atoms with Gasteiger partial charge in [0, 0.05) is 24.1 Å². The lowest BCUT2D eigenvalue weighted by Gasteiger charge is -2.17. The molecule has 0 aliphatic carbocycles. The largest absolute Gasteiger partial charge is 0.480 e. The van der Waals surface area contributed by atoms with Gasteiger partial charge in [-0.15, -0.1) is 0 Å². The number of carbonyl (C=O) groups excluding carboxylic acids is 3. The summed E-state index contributed by atoms with van der Waals surface area (Å²) in [4.78, 5) is 73.8. The monoisotopic (exact) mass is 566 g/mol. The van der Waals surface area contributed by atoms with Crippen LogP contribution in [0.4, 0.5) is 11.6 Å². The summed E-state index contributed by atoms with van der Waals surface area (Å²) >= 11 is 0. The zero-order valence-electron chi connectivity index (χ0n) is 22.7. The van der Waals surface area contributed by atoms with Gasteiger partial charge in [0.15, 0.2) is 11.2 Å². The number of hydrogen-bond acceptors (Lipinski definition) is 11. The van der Waals surface area contributed by atoms with Crippen LogP contribution in [0.25, 0.3) is 11.2 Å². The quantitative estimate of drug-likeness (QED) is 0.100. The van der Waals surface area contributed by atoms with Crippen molar-refractivity contribution >= 4 is 46.7 Å². The molecule has 7 N–H and O–H groups in total. The van der Waals surface area contributed by atoms with E-state index >= 15 is 0 Å². The van der Waals surface area contributed by atoms with Crippen LogP contribution in [0.5, 0.6) is 0 Å². The van der Waals surface area contributed by atoms with E-state index in [1.165, 1.54) is 18.3 Å². The SMILES string of the molecule is CC(NCCCCCC=O)C(=O)CCC(NC(=O)c1ccc(NCc2cnc3nc(N)[nH]c(=O)c3n2)cc1)C(=O)O. The van der Waals surface area contributed by atoms with Crippen LogP contribution in [0.2, 0.25) is 0 Å². The molecule has 1 aromatic carbocycles. The molecule has 14 nitrogen and oxygen atoms in total. The molecule has 0 spiro atoms. The Morgan fingerprint density at radius 1 is 1.12 bits per heavy atom. The number of aliphatic carboxylic acids is 1. The molecular formula is C27H34N8O6. The second-order valence-corrected chi connectivity index (χ2v) is 9.48. The average Bonchev–Trinajstić information content (AvgIpc) is 2.95. The van der Waals surface area contributed by atoms with Crippen LogP contribution in [0.1, 0.15) is 61.5 Å². The van der Waals surface area contributed by atoms with Crippen LogP contribution in [0, 0.1) is 0 Å². The maximum atomic E-state index is 12.7. The Balaban J connectivity index is 1.47. The number of fused-ring (bicyclic) bond motifs is 1.